The third kappa shape index (κ3) is 4.04. The molecule has 3 rings (SSSR count). The summed E-state index contributed by atoms with van der Waals surface area (Å²) in [6, 6.07) is 21.2. The number of carbonyl (C=O) groups excluding carboxylic acids is 1. The highest BCUT2D eigenvalue weighted by molar-refractivity contribution is 6.06. The van der Waals surface area contributed by atoms with Gasteiger partial charge in [-0.05, 0) is 30.4 Å². The first-order valence-electron chi connectivity index (χ1n) is 8.23. The Hall–Kier alpha value is -3.14. The number of phenols is 1. The number of carbonyl (C=O) groups is 1. The Labute approximate surface area is 146 Å². The molecule has 0 aliphatic rings. The van der Waals surface area contributed by atoms with Crippen LogP contribution in [0.2, 0.25) is 0 Å². The Kier molecular flexibility index (Phi) is 5.09. The Morgan fingerprint density at radius 1 is 1.00 bits per heavy atom. The number of benzene rings is 3. The number of amides is 1. The summed E-state index contributed by atoms with van der Waals surface area (Å²) in [4.78, 5) is 12.0. The molecule has 4 nitrogen and oxygen atoms in total. The normalized spacial score (nSPS) is 11.5. The van der Waals surface area contributed by atoms with Crippen LogP contribution in [0.15, 0.2) is 71.8 Å². The number of aromatic hydroxyl groups is 1. The molecule has 0 fully saturated rings. The maximum absolute atomic E-state index is 12.0. The molecule has 0 saturated heterocycles. The van der Waals surface area contributed by atoms with E-state index in [9.17, 15) is 9.90 Å². The Morgan fingerprint density at radius 3 is 2.52 bits per heavy atom. The Balaban J connectivity index is 1.67. The highest BCUT2D eigenvalue weighted by Gasteiger charge is 2.09. The average Bonchev–Trinajstić information content (AvgIpc) is 2.66. The lowest BCUT2D eigenvalue weighted by Crippen LogP contribution is -2.19. The molecule has 0 unspecified atom stereocenters. The number of nitrogens with one attached hydrogen (secondary N) is 1. The SMILES string of the molecule is CC(=NNC(=O)CCc1ccccc1)c1ccc2ccccc2c1O. The molecule has 3 aromatic carbocycles. The van der Waals surface area contributed by atoms with Crippen LogP contribution in [0, 0.1) is 0 Å². The van der Waals surface area contributed by atoms with Crippen molar-refractivity contribution in [2.75, 3.05) is 0 Å². The predicted molar refractivity (Wildman–Crippen MR) is 101 cm³/mol. The topological polar surface area (TPSA) is 61.7 Å². The number of hydrazone groups is 1. The van der Waals surface area contributed by atoms with Crippen LogP contribution in [0.5, 0.6) is 5.75 Å². The van der Waals surface area contributed by atoms with E-state index < -0.39 is 0 Å². The molecule has 2 N–H and O–H groups in total. The predicted octanol–water partition coefficient (Wildman–Crippen LogP) is 4.02. The summed E-state index contributed by atoms with van der Waals surface area (Å²) in [6.07, 6.45) is 1.03. The molecular weight excluding hydrogens is 312 g/mol. The minimum atomic E-state index is -0.150. The minimum Gasteiger partial charge on any atom is -0.507 e. The first-order valence-corrected chi connectivity index (χ1v) is 8.23. The van der Waals surface area contributed by atoms with Crippen LogP contribution in [0.1, 0.15) is 24.5 Å². The molecule has 0 aliphatic heterocycles. The minimum absolute atomic E-state index is 0.150. The summed E-state index contributed by atoms with van der Waals surface area (Å²) in [6.45, 7) is 1.77. The monoisotopic (exact) mass is 332 g/mol. The van der Waals surface area contributed by atoms with E-state index in [0.717, 1.165) is 16.3 Å². The summed E-state index contributed by atoms with van der Waals surface area (Å²) in [5.74, 6) is 0.0290. The van der Waals surface area contributed by atoms with E-state index in [1.165, 1.54) is 0 Å². The van der Waals surface area contributed by atoms with Crippen LogP contribution in [-0.4, -0.2) is 16.7 Å². The number of rotatable bonds is 5. The van der Waals surface area contributed by atoms with Gasteiger partial charge in [-0.2, -0.15) is 5.10 Å². The maximum Gasteiger partial charge on any atom is 0.240 e. The van der Waals surface area contributed by atoms with Crippen molar-refractivity contribution < 1.29 is 9.90 Å². The zero-order chi connectivity index (χ0) is 17.6. The van der Waals surface area contributed by atoms with Crippen molar-refractivity contribution in [2.45, 2.75) is 19.8 Å². The van der Waals surface area contributed by atoms with Gasteiger partial charge in [0.25, 0.3) is 0 Å². The first-order chi connectivity index (χ1) is 12.1. The van der Waals surface area contributed by atoms with Gasteiger partial charge in [0.15, 0.2) is 0 Å². The third-order valence-corrected chi connectivity index (χ3v) is 4.12. The van der Waals surface area contributed by atoms with Crippen molar-refractivity contribution in [1.29, 1.82) is 0 Å². The summed E-state index contributed by atoms with van der Waals surface area (Å²) in [5.41, 5.74) is 4.86. The fourth-order valence-electron chi connectivity index (χ4n) is 2.71. The molecule has 0 heterocycles. The van der Waals surface area contributed by atoms with E-state index in [4.69, 9.17) is 0 Å². The lowest BCUT2D eigenvalue weighted by molar-refractivity contribution is -0.121. The van der Waals surface area contributed by atoms with Gasteiger partial charge in [0.05, 0.1) is 5.71 Å². The number of hydrogen-bond acceptors (Lipinski definition) is 3. The maximum atomic E-state index is 12.0. The van der Waals surface area contributed by atoms with Gasteiger partial charge < -0.3 is 5.11 Å². The lowest BCUT2D eigenvalue weighted by Gasteiger charge is -2.08. The van der Waals surface area contributed by atoms with E-state index in [1.54, 1.807) is 6.92 Å². The van der Waals surface area contributed by atoms with Crippen molar-refractivity contribution in [1.82, 2.24) is 5.43 Å². The van der Waals surface area contributed by atoms with E-state index >= 15 is 0 Å². The second kappa shape index (κ2) is 7.62. The molecule has 3 aromatic rings. The Morgan fingerprint density at radius 2 is 1.72 bits per heavy atom. The zero-order valence-corrected chi connectivity index (χ0v) is 14.1. The quantitative estimate of drug-likeness (QED) is 0.547. The van der Waals surface area contributed by atoms with Crippen LogP contribution < -0.4 is 5.43 Å². The molecule has 0 atom stereocenters. The second-order valence-electron chi connectivity index (χ2n) is 5.90. The van der Waals surface area contributed by atoms with Crippen LogP contribution in [0.3, 0.4) is 0 Å². The third-order valence-electron chi connectivity index (χ3n) is 4.12. The smallest absolute Gasteiger partial charge is 0.240 e. The fraction of sp³-hybridized carbons (Fsp3) is 0.143. The van der Waals surface area contributed by atoms with Crippen LogP contribution >= 0.6 is 0 Å². The van der Waals surface area contributed by atoms with Crippen LogP contribution in [0.4, 0.5) is 0 Å². The number of nitrogens with zero attached hydrogens (tertiary/aromatic N) is 1. The highest BCUT2D eigenvalue weighted by atomic mass is 16.3. The van der Waals surface area contributed by atoms with Crippen molar-refractivity contribution in [2.24, 2.45) is 5.10 Å². The van der Waals surface area contributed by atoms with Crippen molar-refractivity contribution in [3.63, 3.8) is 0 Å². The molecule has 0 radical (unpaired) electrons. The molecule has 25 heavy (non-hydrogen) atoms. The van der Waals surface area contributed by atoms with Crippen molar-refractivity contribution in [3.8, 4) is 5.75 Å². The van der Waals surface area contributed by atoms with Crippen LogP contribution in [-0.2, 0) is 11.2 Å². The molecule has 0 aromatic heterocycles. The highest BCUT2D eigenvalue weighted by Crippen LogP contribution is 2.28. The molecular formula is C21H20N2O2. The van der Waals surface area contributed by atoms with E-state index in [-0.39, 0.29) is 11.7 Å². The number of fused-ring (bicyclic) bond motifs is 1. The fourth-order valence-corrected chi connectivity index (χ4v) is 2.71. The molecule has 126 valence electrons. The molecule has 0 saturated carbocycles. The largest absolute Gasteiger partial charge is 0.507 e. The molecule has 4 heteroatoms. The Bertz CT molecular complexity index is 918. The van der Waals surface area contributed by atoms with Crippen molar-refractivity contribution in [3.05, 3.63) is 77.9 Å². The van der Waals surface area contributed by atoms with Gasteiger partial charge in [0.2, 0.25) is 5.91 Å². The number of phenolic OH excluding ortho intramolecular Hbond substituents is 1. The summed E-state index contributed by atoms with van der Waals surface area (Å²) in [7, 11) is 0. The average molecular weight is 332 g/mol. The lowest BCUT2D eigenvalue weighted by atomic mass is 10.0. The molecule has 0 spiro atoms. The van der Waals surface area contributed by atoms with Crippen LogP contribution in [0.25, 0.3) is 10.8 Å². The first kappa shape index (κ1) is 16.7. The van der Waals surface area contributed by atoms with E-state index in [1.807, 2.05) is 66.7 Å². The van der Waals surface area contributed by atoms with Gasteiger partial charge >= 0.3 is 0 Å². The molecule has 1 amide bonds. The van der Waals surface area contributed by atoms with E-state index in [2.05, 4.69) is 10.5 Å². The van der Waals surface area contributed by atoms with Gasteiger partial charge in [-0.1, -0.05) is 60.7 Å². The standard InChI is InChI=1S/C21H20N2O2/c1-15(18-13-12-17-9-5-6-10-19(17)21(18)25)22-23-20(24)14-11-16-7-3-2-4-8-16/h2-10,12-13,25H,11,14H2,1H3,(H,23,24). The number of aryl methyl sites for hydroxylation is 1. The molecule has 0 aliphatic carbocycles. The van der Waals surface area contributed by atoms with Crippen molar-refractivity contribution >= 4 is 22.4 Å². The van der Waals surface area contributed by atoms with Gasteiger partial charge in [0.1, 0.15) is 5.75 Å². The molecule has 0 bridgehead atoms. The van der Waals surface area contributed by atoms with Gasteiger partial charge in [0, 0.05) is 17.4 Å². The number of hydrogen-bond donors (Lipinski definition) is 2. The zero-order valence-electron chi connectivity index (χ0n) is 14.1. The van der Waals surface area contributed by atoms with Gasteiger partial charge in [-0.3, -0.25) is 4.79 Å². The van der Waals surface area contributed by atoms with E-state index in [0.29, 0.717) is 24.1 Å². The summed E-state index contributed by atoms with van der Waals surface area (Å²) < 4.78 is 0. The summed E-state index contributed by atoms with van der Waals surface area (Å²) in [5, 5.41) is 16.3. The summed E-state index contributed by atoms with van der Waals surface area (Å²) >= 11 is 0. The van der Waals surface area contributed by atoms with Gasteiger partial charge in [-0.15, -0.1) is 0 Å². The second-order valence-corrected chi connectivity index (χ2v) is 5.90. The van der Waals surface area contributed by atoms with Gasteiger partial charge in [-0.25, -0.2) is 5.43 Å².